The van der Waals surface area contributed by atoms with Gasteiger partial charge in [-0.3, -0.25) is 4.79 Å². The molecular weight excluding hydrogens is 347 g/mol. The maximum absolute atomic E-state index is 14.1. The first-order valence-corrected chi connectivity index (χ1v) is 10.1. The fourth-order valence-electron chi connectivity index (χ4n) is 4.31. The number of benzene rings is 1. The number of urea groups is 1. The van der Waals surface area contributed by atoms with Crippen LogP contribution >= 0.6 is 0 Å². The SMILES string of the molecule is O=C(O)C1CCC(NC(=O)N(Cc2ccccc2F)C2CCCCC2)CC1. The Morgan fingerprint density at radius 3 is 2.33 bits per heavy atom. The van der Waals surface area contributed by atoms with Crippen molar-refractivity contribution in [2.75, 3.05) is 0 Å². The van der Waals surface area contributed by atoms with Gasteiger partial charge in [0.25, 0.3) is 0 Å². The highest BCUT2D eigenvalue weighted by atomic mass is 19.1. The molecule has 0 unspecified atom stereocenters. The second-order valence-electron chi connectivity index (χ2n) is 7.85. The van der Waals surface area contributed by atoms with E-state index in [0.29, 0.717) is 31.2 Å². The molecule has 2 fully saturated rings. The highest BCUT2D eigenvalue weighted by Crippen LogP contribution is 2.27. The quantitative estimate of drug-likeness (QED) is 0.804. The molecule has 2 aliphatic rings. The fraction of sp³-hybridized carbons (Fsp3) is 0.619. The van der Waals surface area contributed by atoms with Crippen molar-refractivity contribution >= 4 is 12.0 Å². The molecule has 1 aromatic rings. The zero-order valence-corrected chi connectivity index (χ0v) is 15.7. The molecule has 2 N–H and O–H groups in total. The molecule has 0 heterocycles. The summed E-state index contributed by atoms with van der Waals surface area (Å²) in [5, 5.41) is 12.2. The number of nitrogens with zero attached hydrogens (tertiary/aromatic N) is 1. The van der Waals surface area contributed by atoms with Crippen LogP contribution in [0.15, 0.2) is 24.3 Å². The van der Waals surface area contributed by atoms with Crippen molar-refractivity contribution in [3.8, 4) is 0 Å². The molecule has 0 aromatic heterocycles. The Hall–Kier alpha value is -2.11. The van der Waals surface area contributed by atoms with Crippen molar-refractivity contribution in [2.45, 2.75) is 76.4 Å². The van der Waals surface area contributed by atoms with Gasteiger partial charge < -0.3 is 15.3 Å². The van der Waals surface area contributed by atoms with E-state index >= 15 is 0 Å². The van der Waals surface area contributed by atoms with E-state index in [1.165, 1.54) is 12.5 Å². The third-order valence-electron chi connectivity index (χ3n) is 5.98. The van der Waals surface area contributed by atoms with Crippen LogP contribution in [0.2, 0.25) is 0 Å². The van der Waals surface area contributed by atoms with Crippen molar-refractivity contribution in [3.63, 3.8) is 0 Å². The van der Waals surface area contributed by atoms with Crippen molar-refractivity contribution in [1.29, 1.82) is 0 Å². The van der Waals surface area contributed by atoms with E-state index in [-0.39, 0.29) is 36.4 Å². The maximum atomic E-state index is 14.1. The number of halogens is 1. The maximum Gasteiger partial charge on any atom is 0.318 e. The van der Waals surface area contributed by atoms with Crippen molar-refractivity contribution in [2.24, 2.45) is 5.92 Å². The summed E-state index contributed by atoms with van der Waals surface area (Å²) in [7, 11) is 0. The summed E-state index contributed by atoms with van der Waals surface area (Å²) in [4.78, 5) is 25.9. The van der Waals surface area contributed by atoms with Gasteiger partial charge in [0, 0.05) is 17.6 Å². The van der Waals surface area contributed by atoms with Gasteiger partial charge in [-0.25, -0.2) is 9.18 Å². The zero-order valence-electron chi connectivity index (χ0n) is 15.7. The molecule has 0 atom stereocenters. The van der Waals surface area contributed by atoms with Gasteiger partial charge >= 0.3 is 12.0 Å². The number of aliphatic carboxylic acids is 1. The van der Waals surface area contributed by atoms with Crippen LogP contribution in [0, 0.1) is 11.7 Å². The average molecular weight is 376 g/mol. The number of hydrogen-bond donors (Lipinski definition) is 2. The predicted molar refractivity (Wildman–Crippen MR) is 101 cm³/mol. The number of amides is 2. The highest BCUT2D eigenvalue weighted by molar-refractivity contribution is 5.75. The number of nitrogens with one attached hydrogen (secondary N) is 1. The summed E-state index contributed by atoms with van der Waals surface area (Å²) in [6, 6.07) is 6.60. The minimum Gasteiger partial charge on any atom is -0.481 e. The van der Waals surface area contributed by atoms with E-state index in [4.69, 9.17) is 5.11 Å². The fourth-order valence-corrected chi connectivity index (χ4v) is 4.31. The molecule has 6 heteroatoms. The molecule has 5 nitrogen and oxygen atoms in total. The minimum atomic E-state index is -0.747. The predicted octanol–water partition coefficient (Wildman–Crippen LogP) is 4.31. The summed E-state index contributed by atoms with van der Waals surface area (Å²) >= 11 is 0. The number of carboxylic acid groups (broad SMARTS) is 1. The third kappa shape index (κ3) is 5.21. The zero-order chi connectivity index (χ0) is 19.2. The van der Waals surface area contributed by atoms with E-state index in [0.717, 1.165) is 25.7 Å². The van der Waals surface area contributed by atoms with Gasteiger partial charge in [-0.15, -0.1) is 0 Å². The van der Waals surface area contributed by atoms with Gasteiger partial charge in [-0.05, 0) is 44.6 Å². The van der Waals surface area contributed by atoms with Crippen LogP contribution < -0.4 is 5.32 Å². The molecule has 0 saturated heterocycles. The highest BCUT2D eigenvalue weighted by Gasteiger charge is 2.30. The lowest BCUT2D eigenvalue weighted by Crippen LogP contribution is -2.50. The summed E-state index contributed by atoms with van der Waals surface area (Å²) in [5.41, 5.74) is 0.535. The van der Waals surface area contributed by atoms with E-state index in [9.17, 15) is 14.0 Å². The van der Waals surface area contributed by atoms with Gasteiger partial charge in [-0.1, -0.05) is 37.5 Å². The average Bonchev–Trinajstić information content (AvgIpc) is 2.68. The summed E-state index contributed by atoms with van der Waals surface area (Å²) < 4.78 is 14.1. The molecule has 0 aliphatic heterocycles. The Balaban J connectivity index is 1.65. The lowest BCUT2D eigenvalue weighted by atomic mass is 9.86. The minimum absolute atomic E-state index is 0.000175. The van der Waals surface area contributed by atoms with Gasteiger partial charge in [0.2, 0.25) is 0 Å². The lowest BCUT2D eigenvalue weighted by molar-refractivity contribution is -0.142. The molecule has 0 spiro atoms. The molecule has 2 aliphatic carbocycles. The summed E-state index contributed by atoms with van der Waals surface area (Å²) in [6.45, 7) is 0.271. The lowest BCUT2D eigenvalue weighted by Gasteiger charge is -2.36. The molecule has 1 aromatic carbocycles. The first-order chi connectivity index (χ1) is 13.0. The van der Waals surface area contributed by atoms with Crippen molar-refractivity contribution < 1.29 is 19.1 Å². The summed E-state index contributed by atoms with van der Waals surface area (Å²) in [6.07, 6.45) is 7.83. The van der Waals surface area contributed by atoms with E-state index in [1.807, 2.05) is 0 Å². The van der Waals surface area contributed by atoms with E-state index < -0.39 is 5.97 Å². The number of hydrogen-bond acceptors (Lipinski definition) is 2. The van der Waals surface area contributed by atoms with E-state index in [1.54, 1.807) is 23.1 Å². The van der Waals surface area contributed by atoms with Gasteiger partial charge in [0.05, 0.1) is 12.5 Å². The molecular formula is C21H29FN2O3. The molecule has 0 radical (unpaired) electrons. The number of carboxylic acids is 1. The van der Waals surface area contributed by atoms with Gasteiger partial charge in [-0.2, -0.15) is 0 Å². The molecule has 0 bridgehead atoms. The Labute approximate surface area is 159 Å². The Morgan fingerprint density at radius 2 is 1.70 bits per heavy atom. The summed E-state index contributed by atoms with van der Waals surface area (Å²) in [5.74, 6) is -1.33. The number of rotatable bonds is 5. The normalized spacial score (nSPS) is 23.6. The van der Waals surface area contributed by atoms with Crippen LogP contribution in [0.1, 0.15) is 63.4 Å². The molecule has 2 saturated carbocycles. The van der Waals surface area contributed by atoms with Crippen LogP contribution in [-0.2, 0) is 11.3 Å². The number of carbonyl (C=O) groups is 2. The van der Waals surface area contributed by atoms with Gasteiger partial charge in [0.15, 0.2) is 0 Å². The second-order valence-corrected chi connectivity index (χ2v) is 7.85. The van der Waals surface area contributed by atoms with Crippen LogP contribution in [0.4, 0.5) is 9.18 Å². The topological polar surface area (TPSA) is 69.6 Å². The Morgan fingerprint density at radius 1 is 1.04 bits per heavy atom. The first kappa shape index (κ1) is 19.6. The molecule has 3 rings (SSSR count). The smallest absolute Gasteiger partial charge is 0.318 e. The largest absolute Gasteiger partial charge is 0.481 e. The number of carbonyl (C=O) groups excluding carboxylic acids is 1. The van der Waals surface area contributed by atoms with Gasteiger partial charge in [0.1, 0.15) is 5.82 Å². The van der Waals surface area contributed by atoms with E-state index in [2.05, 4.69) is 5.32 Å². The van der Waals surface area contributed by atoms with Crippen LogP contribution in [0.3, 0.4) is 0 Å². The van der Waals surface area contributed by atoms with Crippen LogP contribution in [0.25, 0.3) is 0 Å². The second kappa shape index (κ2) is 9.20. The third-order valence-corrected chi connectivity index (χ3v) is 5.98. The molecule has 148 valence electrons. The Kier molecular flexibility index (Phi) is 6.69. The van der Waals surface area contributed by atoms with Crippen molar-refractivity contribution in [1.82, 2.24) is 10.2 Å². The first-order valence-electron chi connectivity index (χ1n) is 10.1. The monoisotopic (exact) mass is 376 g/mol. The van der Waals surface area contributed by atoms with Crippen LogP contribution in [-0.4, -0.2) is 34.1 Å². The molecule has 27 heavy (non-hydrogen) atoms. The van der Waals surface area contributed by atoms with Crippen molar-refractivity contribution in [3.05, 3.63) is 35.6 Å². The molecule has 2 amide bonds. The Bertz CT molecular complexity index is 653. The van der Waals surface area contributed by atoms with Crippen LogP contribution in [0.5, 0.6) is 0 Å². The standard InChI is InChI=1S/C21H29FN2O3/c22-19-9-5-4-6-16(19)14-24(18-7-2-1-3-8-18)21(27)23-17-12-10-15(11-13-17)20(25)26/h4-6,9,15,17-18H,1-3,7-8,10-14H2,(H,23,27)(H,25,26).